The van der Waals surface area contributed by atoms with E-state index < -0.39 is 18.5 Å². The molecule has 0 radical (unpaired) electrons. The van der Waals surface area contributed by atoms with Crippen LogP contribution in [0.15, 0.2) is 60.7 Å². The van der Waals surface area contributed by atoms with E-state index in [4.69, 9.17) is 32.7 Å². The highest BCUT2D eigenvalue weighted by Crippen LogP contribution is 2.32. The standard InChI is InChI=1S/C26H24Cl2N2O5/c1-16-3-9-22(17(2)13-16)30-25(32)15-34-26(33)12-11-24(31)29-19-5-7-20(8-6-19)35-23-10-4-18(27)14-21(23)28/h3-10,13-14H,11-12,15H2,1-2H3,(H,29,31)(H,30,32). The van der Waals surface area contributed by atoms with Crippen LogP contribution < -0.4 is 15.4 Å². The fraction of sp³-hybridized carbons (Fsp3) is 0.192. The highest BCUT2D eigenvalue weighted by molar-refractivity contribution is 6.35. The van der Waals surface area contributed by atoms with Gasteiger partial charge in [-0.05, 0) is 67.9 Å². The summed E-state index contributed by atoms with van der Waals surface area (Å²) in [5.41, 5.74) is 3.18. The van der Waals surface area contributed by atoms with Gasteiger partial charge in [0.2, 0.25) is 5.91 Å². The van der Waals surface area contributed by atoms with E-state index in [-0.39, 0.29) is 18.7 Å². The minimum absolute atomic E-state index is 0.0871. The molecule has 0 aliphatic carbocycles. The van der Waals surface area contributed by atoms with Crippen LogP contribution in [0.3, 0.4) is 0 Å². The van der Waals surface area contributed by atoms with Crippen molar-refractivity contribution in [3.63, 3.8) is 0 Å². The zero-order valence-electron chi connectivity index (χ0n) is 19.2. The summed E-state index contributed by atoms with van der Waals surface area (Å²) in [6.07, 6.45) is -0.241. The number of benzene rings is 3. The molecule has 7 nitrogen and oxygen atoms in total. The van der Waals surface area contributed by atoms with E-state index in [2.05, 4.69) is 10.6 Å². The Labute approximate surface area is 213 Å². The molecular formula is C26H24Cl2N2O5. The average molecular weight is 515 g/mol. The van der Waals surface area contributed by atoms with E-state index in [1.54, 1.807) is 48.5 Å². The van der Waals surface area contributed by atoms with Gasteiger partial charge in [-0.25, -0.2) is 0 Å². The number of hydrogen-bond acceptors (Lipinski definition) is 5. The number of nitrogens with one attached hydrogen (secondary N) is 2. The van der Waals surface area contributed by atoms with Gasteiger partial charge in [0.25, 0.3) is 5.91 Å². The average Bonchev–Trinajstić information content (AvgIpc) is 2.81. The molecule has 0 fully saturated rings. The highest BCUT2D eigenvalue weighted by Gasteiger charge is 2.12. The summed E-state index contributed by atoms with van der Waals surface area (Å²) >= 11 is 12.0. The molecule has 9 heteroatoms. The summed E-state index contributed by atoms with van der Waals surface area (Å²) in [6, 6.07) is 17.2. The van der Waals surface area contributed by atoms with Crippen LogP contribution in [0.5, 0.6) is 11.5 Å². The van der Waals surface area contributed by atoms with Crippen LogP contribution in [0.2, 0.25) is 10.0 Å². The molecule has 0 heterocycles. The molecule has 0 saturated carbocycles. The van der Waals surface area contributed by atoms with Gasteiger partial charge in [0.15, 0.2) is 6.61 Å². The lowest BCUT2D eigenvalue weighted by Gasteiger charge is -2.10. The number of hydrogen-bond donors (Lipinski definition) is 2. The van der Waals surface area contributed by atoms with Crippen LogP contribution in [-0.4, -0.2) is 24.4 Å². The van der Waals surface area contributed by atoms with Crippen molar-refractivity contribution in [1.29, 1.82) is 0 Å². The number of esters is 1. The Morgan fingerprint density at radius 2 is 1.57 bits per heavy atom. The summed E-state index contributed by atoms with van der Waals surface area (Å²) in [5, 5.41) is 6.27. The van der Waals surface area contributed by atoms with Crippen molar-refractivity contribution in [3.8, 4) is 11.5 Å². The number of amides is 2. The van der Waals surface area contributed by atoms with Crippen LogP contribution in [0.4, 0.5) is 11.4 Å². The molecule has 35 heavy (non-hydrogen) atoms. The second kappa shape index (κ2) is 12.2. The van der Waals surface area contributed by atoms with Crippen LogP contribution in [0.25, 0.3) is 0 Å². The first-order valence-electron chi connectivity index (χ1n) is 10.7. The summed E-state index contributed by atoms with van der Waals surface area (Å²) < 4.78 is 10.7. The Morgan fingerprint density at radius 3 is 2.26 bits per heavy atom. The van der Waals surface area contributed by atoms with E-state index in [1.807, 2.05) is 26.0 Å². The monoisotopic (exact) mass is 514 g/mol. The van der Waals surface area contributed by atoms with Gasteiger partial charge >= 0.3 is 5.97 Å². The second-order valence-corrected chi connectivity index (χ2v) is 8.62. The van der Waals surface area contributed by atoms with Gasteiger partial charge < -0.3 is 20.1 Å². The predicted molar refractivity (Wildman–Crippen MR) is 136 cm³/mol. The summed E-state index contributed by atoms with van der Waals surface area (Å²) in [5.74, 6) is -0.475. The lowest BCUT2D eigenvalue weighted by Crippen LogP contribution is -2.22. The molecule has 0 unspecified atom stereocenters. The third-order valence-electron chi connectivity index (χ3n) is 4.84. The number of rotatable bonds is 9. The first-order valence-corrected chi connectivity index (χ1v) is 11.5. The van der Waals surface area contributed by atoms with Crippen LogP contribution >= 0.6 is 23.2 Å². The van der Waals surface area contributed by atoms with Crippen LogP contribution in [0.1, 0.15) is 24.0 Å². The maximum Gasteiger partial charge on any atom is 0.306 e. The fourth-order valence-electron chi connectivity index (χ4n) is 3.09. The largest absolute Gasteiger partial charge is 0.456 e. The Hall–Kier alpha value is -3.55. The molecule has 3 aromatic carbocycles. The Kier molecular flexibility index (Phi) is 9.11. The van der Waals surface area contributed by atoms with Crippen molar-refractivity contribution in [1.82, 2.24) is 0 Å². The van der Waals surface area contributed by atoms with Gasteiger partial charge in [-0.15, -0.1) is 0 Å². The molecule has 0 aliphatic heterocycles. The van der Waals surface area contributed by atoms with E-state index in [0.29, 0.717) is 32.9 Å². The van der Waals surface area contributed by atoms with Gasteiger partial charge in [-0.1, -0.05) is 40.9 Å². The van der Waals surface area contributed by atoms with E-state index in [0.717, 1.165) is 11.1 Å². The number of anilines is 2. The van der Waals surface area contributed by atoms with E-state index in [9.17, 15) is 14.4 Å². The Bertz CT molecular complexity index is 1230. The molecule has 2 N–H and O–H groups in total. The van der Waals surface area contributed by atoms with Crippen molar-refractivity contribution >= 4 is 52.4 Å². The fourth-order valence-corrected chi connectivity index (χ4v) is 3.54. The summed E-state index contributed by atoms with van der Waals surface area (Å²) in [6.45, 7) is 3.41. The normalized spacial score (nSPS) is 10.4. The van der Waals surface area contributed by atoms with Crippen molar-refractivity contribution < 1.29 is 23.9 Å². The third-order valence-corrected chi connectivity index (χ3v) is 5.37. The first-order chi connectivity index (χ1) is 16.7. The number of halogens is 2. The lowest BCUT2D eigenvalue weighted by molar-refractivity contribution is -0.147. The predicted octanol–water partition coefficient (Wildman–Crippen LogP) is 6.30. The van der Waals surface area contributed by atoms with Crippen LogP contribution in [0, 0.1) is 13.8 Å². The summed E-state index contributed by atoms with van der Waals surface area (Å²) in [4.78, 5) is 36.1. The van der Waals surface area contributed by atoms with Gasteiger partial charge in [0.05, 0.1) is 11.4 Å². The minimum atomic E-state index is -0.639. The number of ether oxygens (including phenoxy) is 2. The Balaban J connectivity index is 1.39. The maximum absolute atomic E-state index is 12.2. The molecular weight excluding hydrogens is 491 g/mol. The quantitative estimate of drug-likeness (QED) is 0.326. The molecule has 0 bridgehead atoms. The number of aryl methyl sites for hydroxylation is 2. The summed E-state index contributed by atoms with van der Waals surface area (Å²) in [7, 11) is 0. The molecule has 0 atom stereocenters. The molecule has 2 amide bonds. The molecule has 0 spiro atoms. The zero-order valence-corrected chi connectivity index (χ0v) is 20.7. The van der Waals surface area contributed by atoms with Crippen molar-refractivity contribution in [3.05, 3.63) is 81.8 Å². The van der Waals surface area contributed by atoms with Gasteiger partial charge in [0.1, 0.15) is 11.5 Å². The highest BCUT2D eigenvalue weighted by atomic mass is 35.5. The first kappa shape index (κ1) is 26.1. The third kappa shape index (κ3) is 8.31. The number of carbonyl (C=O) groups excluding carboxylic acids is 3. The molecule has 0 saturated heterocycles. The number of carbonyl (C=O) groups is 3. The molecule has 3 aromatic rings. The van der Waals surface area contributed by atoms with E-state index >= 15 is 0 Å². The topological polar surface area (TPSA) is 93.7 Å². The molecule has 0 aliphatic rings. The van der Waals surface area contributed by atoms with Gasteiger partial charge in [-0.2, -0.15) is 0 Å². The molecule has 3 rings (SSSR count). The lowest BCUT2D eigenvalue weighted by atomic mass is 10.1. The van der Waals surface area contributed by atoms with E-state index in [1.165, 1.54) is 0 Å². The smallest absolute Gasteiger partial charge is 0.306 e. The SMILES string of the molecule is Cc1ccc(NC(=O)COC(=O)CCC(=O)Nc2ccc(Oc3ccc(Cl)cc3Cl)cc2)c(C)c1. The van der Waals surface area contributed by atoms with Crippen molar-refractivity contribution in [2.45, 2.75) is 26.7 Å². The van der Waals surface area contributed by atoms with Gasteiger partial charge in [0, 0.05) is 22.8 Å². The van der Waals surface area contributed by atoms with Crippen molar-refractivity contribution in [2.24, 2.45) is 0 Å². The van der Waals surface area contributed by atoms with Gasteiger partial charge in [-0.3, -0.25) is 14.4 Å². The van der Waals surface area contributed by atoms with Crippen molar-refractivity contribution in [2.75, 3.05) is 17.2 Å². The van der Waals surface area contributed by atoms with Crippen LogP contribution in [-0.2, 0) is 19.1 Å². The Morgan fingerprint density at radius 1 is 0.829 bits per heavy atom. The zero-order chi connectivity index (χ0) is 25.4. The maximum atomic E-state index is 12.2. The molecule has 182 valence electrons. The second-order valence-electron chi connectivity index (χ2n) is 7.78. The molecule has 0 aromatic heterocycles. The minimum Gasteiger partial charge on any atom is -0.456 e.